The van der Waals surface area contributed by atoms with Gasteiger partial charge in [0.25, 0.3) is 0 Å². The van der Waals surface area contributed by atoms with E-state index in [0.29, 0.717) is 25.9 Å². The first kappa shape index (κ1) is 17.5. The number of ether oxygens (including phenoxy) is 2. The lowest BCUT2D eigenvalue weighted by molar-refractivity contribution is -0.0111. The lowest BCUT2D eigenvalue weighted by Gasteiger charge is -2.39. The molecule has 2 rings (SSSR count). The van der Waals surface area contributed by atoms with Crippen molar-refractivity contribution in [3.05, 3.63) is 29.8 Å². The zero-order valence-corrected chi connectivity index (χ0v) is 14.0. The van der Waals surface area contributed by atoms with Crippen LogP contribution in [0.3, 0.4) is 0 Å². The van der Waals surface area contributed by atoms with Crippen LogP contribution in [0.5, 0.6) is 5.75 Å². The van der Waals surface area contributed by atoms with Gasteiger partial charge in [-0.3, -0.25) is 0 Å². The average Bonchev–Trinajstić information content (AvgIpc) is 2.41. The van der Waals surface area contributed by atoms with Crippen molar-refractivity contribution in [2.24, 2.45) is 0 Å². The van der Waals surface area contributed by atoms with Gasteiger partial charge in [-0.1, -0.05) is 0 Å². The number of halogens is 2. The molecule has 0 N–H and O–H groups in total. The Morgan fingerprint density at radius 1 is 1.22 bits per heavy atom. The third-order valence-electron chi connectivity index (χ3n) is 3.72. The molecule has 0 spiro atoms. The summed E-state index contributed by atoms with van der Waals surface area (Å²) in [5.74, 6) is -1.33. The second-order valence-electron chi connectivity index (χ2n) is 7.09. The van der Waals surface area contributed by atoms with Crippen LogP contribution in [0.1, 0.15) is 40.5 Å². The zero-order valence-electron chi connectivity index (χ0n) is 14.0. The minimum Gasteiger partial charge on any atom is -0.484 e. The summed E-state index contributed by atoms with van der Waals surface area (Å²) in [5.41, 5.74) is -1.14. The maximum Gasteiger partial charge on any atom is 0.410 e. The van der Waals surface area contributed by atoms with E-state index in [2.05, 4.69) is 0 Å². The Bertz CT molecular complexity index is 576. The van der Waals surface area contributed by atoms with Gasteiger partial charge in [-0.2, -0.15) is 0 Å². The Balaban J connectivity index is 1.95. The Kier molecular flexibility index (Phi) is 4.82. The molecule has 1 heterocycles. The van der Waals surface area contributed by atoms with E-state index < -0.39 is 22.8 Å². The highest BCUT2D eigenvalue weighted by molar-refractivity contribution is 5.68. The summed E-state index contributed by atoms with van der Waals surface area (Å²) in [6, 6.07) is 3.25. The molecule has 1 fully saturated rings. The molecule has 6 heteroatoms. The highest BCUT2D eigenvalue weighted by Crippen LogP contribution is 2.30. The minimum absolute atomic E-state index is 0.0274. The van der Waals surface area contributed by atoms with Gasteiger partial charge < -0.3 is 14.4 Å². The Labute approximate surface area is 135 Å². The summed E-state index contributed by atoms with van der Waals surface area (Å²) < 4.78 is 37.7. The van der Waals surface area contributed by atoms with Crippen LogP contribution in [0.25, 0.3) is 0 Å². The Hall–Kier alpha value is -1.85. The maximum absolute atomic E-state index is 13.7. The Morgan fingerprint density at radius 2 is 1.83 bits per heavy atom. The summed E-state index contributed by atoms with van der Waals surface area (Å²) in [7, 11) is 0. The van der Waals surface area contributed by atoms with E-state index in [1.165, 1.54) is 6.07 Å². The molecule has 128 valence electrons. The van der Waals surface area contributed by atoms with Crippen LogP contribution in [0.4, 0.5) is 13.6 Å². The molecule has 1 aliphatic rings. The number of carbonyl (C=O) groups excluding carboxylic acids is 1. The molecule has 1 amide bonds. The van der Waals surface area contributed by atoms with Crippen LogP contribution in [0.15, 0.2) is 18.2 Å². The van der Waals surface area contributed by atoms with Crippen LogP contribution in [0, 0.1) is 11.6 Å². The van der Waals surface area contributed by atoms with Gasteiger partial charge in [-0.15, -0.1) is 0 Å². The van der Waals surface area contributed by atoms with Gasteiger partial charge in [0.1, 0.15) is 17.0 Å². The molecule has 1 saturated heterocycles. The molecular formula is C17H23F2NO3. The first-order valence-electron chi connectivity index (χ1n) is 7.70. The van der Waals surface area contributed by atoms with Crippen molar-refractivity contribution in [1.29, 1.82) is 0 Å². The van der Waals surface area contributed by atoms with E-state index in [-0.39, 0.29) is 11.8 Å². The lowest BCUT2D eigenvalue weighted by atomic mass is 9.93. The number of likely N-dealkylation sites (tertiary alicyclic amines) is 1. The van der Waals surface area contributed by atoms with Crippen LogP contribution in [-0.2, 0) is 4.74 Å². The Morgan fingerprint density at radius 3 is 2.35 bits per heavy atom. The molecule has 0 aromatic heterocycles. The van der Waals surface area contributed by atoms with Gasteiger partial charge in [0.05, 0.1) is 0 Å². The van der Waals surface area contributed by atoms with Crippen molar-refractivity contribution in [3.63, 3.8) is 0 Å². The molecule has 0 radical (unpaired) electrons. The summed E-state index contributed by atoms with van der Waals surface area (Å²) in [6.07, 6.45) is 0.735. The number of hydrogen-bond acceptors (Lipinski definition) is 3. The zero-order chi connectivity index (χ0) is 17.3. The van der Waals surface area contributed by atoms with Gasteiger partial charge in [0.15, 0.2) is 11.6 Å². The number of nitrogens with zero attached hydrogens (tertiary/aromatic N) is 1. The number of piperidine rings is 1. The summed E-state index contributed by atoms with van der Waals surface area (Å²) in [5, 5.41) is 0. The van der Waals surface area contributed by atoms with E-state index in [0.717, 1.165) is 12.1 Å². The van der Waals surface area contributed by atoms with Crippen molar-refractivity contribution in [2.75, 3.05) is 13.1 Å². The molecule has 1 aromatic rings. The quantitative estimate of drug-likeness (QED) is 0.820. The van der Waals surface area contributed by atoms with E-state index in [1.807, 2.05) is 27.7 Å². The highest BCUT2D eigenvalue weighted by Gasteiger charge is 2.35. The summed E-state index contributed by atoms with van der Waals surface area (Å²) in [4.78, 5) is 13.7. The van der Waals surface area contributed by atoms with E-state index >= 15 is 0 Å². The fourth-order valence-corrected chi connectivity index (χ4v) is 2.41. The third kappa shape index (κ3) is 4.81. The van der Waals surface area contributed by atoms with Crippen molar-refractivity contribution in [1.82, 2.24) is 4.90 Å². The highest BCUT2D eigenvalue weighted by atomic mass is 19.1. The van der Waals surface area contributed by atoms with Crippen molar-refractivity contribution in [2.45, 2.75) is 51.7 Å². The molecule has 4 nitrogen and oxygen atoms in total. The number of rotatable bonds is 2. The van der Waals surface area contributed by atoms with Crippen LogP contribution in [-0.4, -0.2) is 35.3 Å². The number of amides is 1. The van der Waals surface area contributed by atoms with Gasteiger partial charge in [-0.05, 0) is 39.8 Å². The standard InChI is InChI=1S/C17H23F2NO3/c1-16(2,3)23-15(21)20-9-7-17(4,8-10-20)22-14-6-5-12(18)11-13(14)19/h5-6,11H,7-10H2,1-4H3. The second kappa shape index (κ2) is 6.34. The predicted molar refractivity (Wildman–Crippen MR) is 82.4 cm³/mol. The van der Waals surface area contributed by atoms with E-state index in [1.54, 1.807) is 4.90 Å². The lowest BCUT2D eigenvalue weighted by Crippen LogP contribution is -2.49. The first-order chi connectivity index (χ1) is 10.6. The summed E-state index contributed by atoms with van der Waals surface area (Å²) >= 11 is 0. The molecule has 1 aromatic carbocycles. The molecule has 0 saturated carbocycles. The van der Waals surface area contributed by atoms with Gasteiger partial charge >= 0.3 is 6.09 Å². The molecule has 1 aliphatic heterocycles. The van der Waals surface area contributed by atoms with E-state index in [4.69, 9.17) is 9.47 Å². The van der Waals surface area contributed by atoms with Crippen molar-refractivity contribution in [3.8, 4) is 5.75 Å². The molecule has 0 aliphatic carbocycles. The second-order valence-corrected chi connectivity index (χ2v) is 7.09. The smallest absolute Gasteiger partial charge is 0.410 e. The normalized spacial score (nSPS) is 17.7. The third-order valence-corrected chi connectivity index (χ3v) is 3.72. The number of hydrogen-bond donors (Lipinski definition) is 0. The van der Waals surface area contributed by atoms with Crippen molar-refractivity contribution >= 4 is 6.09 Å². The van der Waals surface area contributed by atoms with Crippen LogP contribution >= 0.6 is 0 Å². The summed E-state index contributed by atoms with van der Waals surface area (Å²) in [6.45, 7) is 8.25. The first-order valence-corrected chi connectivity index (χ1v) is 7.70. The molecule has 0 atom stereocenters. The number of benzene rings is 1. The number of carbonyl (C=O) groups is 1. The SMILES string of the molecule is CC(C)(C)OC(=O)N1CCC(C)(Oc2ccc(F)cc2F)CC1. The largest absolute Gasteiger partial charge is 0.484 e. The topological polar surface area (TPSA) is 38.8 Å². The molecule has 0 bridgehead atoms. The fourth-order valence-electron chi connectivity index (χ4n) is 2.41. The van der Waals surface area contributed by atoms with Crippen LogP contribution in [0.2, 0.25) is 0 Å². The maximum atomic E-state index is 13.7. The average molecular weight is 327 g/mol. The van der Waals surface area contributed by atoms with Crippen LogP contribution < -0.4 is 4.74 Å². The minimum atomic E-state index is -0.721. The monoisotopic (exact) mass is 327 g/mol. The van der Waals surface area contributed by atoms with Gasteiger partial charge in [0.2, 0.25) is 0 Å². The molecule has 23 heavy (non-hydrogen) atoms. The predicted octanol–water partition coefficient (Wildman–Crippen LogP) is 4.13. The van der Waals surface area contributed by atoms with E-state index in [9.17, 15) is 13.6 Å². The molecule has 0 unspecified atom stereocenters. The van der Waals surface area contributed by atoms with Gasteiger partial charge in [-0.25, -0.2) is 13.6 Å². The molecular weight excluding hydrogens is 304 g/mol. The fraction of sp³-hybridized carbons (Fsp3) is 0.588. The van der Waals surface area contributed by atoms with Gasteiger partial charge in [0, 0.05) is 32.0 Å². The van der Waals surface area contributed by atoms with Crippen molar-refractivity contribution < 1.29 is 23.0 Å².